The molecule has 0 aromatic heterocycles. The van der Waals surface area contributed by atoms with Crippen LogP contribution in [0.3, 0.4) is 0 Å². The van der Waals surface area contributed by atoms with E-state index in [1.807, 2.05) is 18.2 Å². The first-order chi connectivity index (χ1) is 7.17. The van der Waals surface area contributed by atoms with Crippen LogP contribution in [0.1, 0.15) is 0 Å². The van der Waals surface area contributed by atoms with Gasteiger partial charge in [0, 0.05) is 18.3 Å². The average molecular weight is 276 g/mol. The molecule has 0 heterocycles. The van der Waals surface area contributed by atoms with Gasteiger partial charge in [0.2, 0.25) is 0 Å². The van der Waals surface area contributed by atoms with E-state index in [4.69, 9.17) is 14.9 Å². The van der Waals surface area contributed by atoms with Gasteiger partial charge in [-0.3, -0.25) is 0 Å². The number of methoxy groups -OCH3 is 1. The monoisotopic (exact) mass is 275 g/mol. The predicted octanol–water partition coefficient (Wildman–Crippen LogP) is 1.22. The highest BCUT2D eigenvalue weighted by Crippen LogP contribution is 2.27. The number of nitrogens with one attached hydrogen (secondary N) is 1. The van der Waals surface area contributed by atoms with Crippen molar-refractivity contribution < 1.29 is 14.9 Å². The van der Waals surface area contributed by atoms with Crippen molar-refractivity contribution in [3.05, 3.63) is 22.7 Å². The topological polar surface area (TPSA) is 61.7 Å². The van der Waals surface area contributed by atoms with Crippen LogP contribution in [0.4, 0.5) is 5.69 Å². The summed E-state index contributed by atoms with van der Waals surface area (Å²) in [5, 5.41) is 20.8. The lowest BCUT2D eigenvalue weighted by atomic mass is 10.3. The van der Waals surface area contributed by atoms with Gasteiger partial charge in [0.05, 0.1) is 24.3 Å². The summed E-state index contributed by atoms with van der Waals surface area (Å²) in [7, 11) is 1.59. The number of anilines is 1. The average Bonchev–Trinajstić information content (AvgIpc) is 2.27. The van der Waals surface area contributed by atoms with Crippen LogP contribution in [-0.4, -0.2) is 36.6 Å². The molecule has 0 spiro atoms. The summed E-state index contributed by atoms with van der Waals surface area (Å²) in [5.74, 6) is 0.721. The van der Waals surface area contributed by atoms with Gasteiger partial charge in [-0.25, -0.2) is 0 Å². The molecule has 1 atom stereocenters. The van der Waals surface area contributed by atoms with Crippen LogP contribution >= 0.6 is 15.9 Å². The van der Waals surface area contributed by atoms with Crippen molar-refractivity contribution in [3.8, 4) is 5.75 Å². The Balaban J connectivity index is 2.62. The van der Waals surface area contributed by atoms with E-state index in [1.165, 1.54) is 0 Å². The van der Waals surface area contributed by atoms with Crippen molar-refractivity contribution >= 4 is 21.6 Å². The van der Waals surface area contributed by atoms with E-state index in [0.29, 0.717) is 6.54 Å². The molecule has 1 rings (SSSR count). The summed E-state index contributed by atoms with van der Waals surface area (Å²) in [4.78, 5) is 0. The Morgan fingerprint density at radius 3 is 2.87 bits per heavy atom. The standard InChI is InChI=1S/C10H14BrNO3/c1-15-10-4-7(2-3-9(10)11)12-5-8(14)6-13/h2-4,8,12-14H,5-6H2,1H3. The number of ether oxygens (including phenoxy) is 1. The van der Waals surface area contributed by atoms with Crippen molar-refractivity contribution in [2.45, 2.75) is 6.10 Å². The molecule has 15 heavy (non-hydrogen) atoms. The first-order valence-corrected chi connectivity index (χ1v) is 5.33. The largest absolute Gasteiger partial charge is 0.495 e. The lowest BCUT2D eigenvalue weighted by molar-refractivity contribution is 0.105. The van der Waals surface area contributed by atoms with Gasteiger partial charge in [0.25, 0.3) is 0 Å². The molecule has 0 fully saturated rings. The molecule has 0 aliphatic heterocycles. The van der Waals surface area contributed by atoms with Crippen LogP contribution in [0, 0.1) is 0 Å². The summed E-state index contributed by atoms with van der Waals surface area (Å²) in [6.07, 6.45) is -0.750. The molecular formula is C10H14BrNO3. The van der Waals surface area contributed by atoms with E-state index < -0.39 is 6.10 Å². The molecule has 1 aromatic carbocycles. The second-order valence-corrected chi connectivity index (χ2v) is 3.92. The van der Waals surface area contributed by atoms with Crippen LogP contribution in [0.2, 0.25) is 0 Å². The summed E-state index contributed by atoms with van der Waals surface area (Å²) in [6.45, 7) is 0.0575. The zero-order chi connectivity index (χ0) is 11.3. The molecule has 3 N–H and O–H groups in total. The molecule has 1 aromatic rings. The fraction of sp³-hybridized carbons (Fsp3) is 0.400. The predicted molar refractivity (Wildman–Crippen MR) is 62.3 cm³/mol. The molecular weight excluding hydrogens is 262 g/mol. The summed E-state index contributed by atoms with van der Waals surface area (Å²) in [6, 6.07) is 5.53. The quantitative estimate of drug-likeness (QED) is 0.756. The number of hydrogen-bond donors (Lipinski definition) is 3. The van der Waals surface area contributed by atoms with Gasteiger partial charge in [-0.05, 0) is 28.1 Å². The highest BCUT2D eigenvalue weighted by molar-refractivity contribution is 9.10. The summed E-state index contributed by atoms with van der Waals surface area (Å²) in [5.41, 5.74) is 0.836. The summed E-state index contributed by atoms with van der Waals surface area (Å²) >= 11 is 3.34. The smallest absolute Gasteiger partial charge is 0.135 e. The SMILES string of the molecule is COc1cc(NCC(O)CO)ccc1Br. The summed E-state index contributed by atoms with van der Waals surface area (Å²) < 4.78 is 5.99. The van der Waals surface area contributed by atoms with Crippen molar-refractivity contribution in [3.63, 3.8) is 0 Å². The molecule has 0 radical (unpaired) electrons. The minimum atomic E-state index is -0.750. The molecule has 1 unspecified atom stereocenters. The lowest BCUT2D eigenvalue weighted by Crippen LogP contribution is -2.22. The number of aliphatic hydroxyl groups is 2. The Morgan fingerprint density at radius 2 is 2.27 bits per heavy atom. The maximum atomic E-state index is 9.15. The Bertz CT molecular complexity index is 320. The minimum absolute atomic E-state index is 0.249. The normalized spacial score (nSPS) is 12.3. The Morgan fingerprint density at radius 1 is 1.53 bits per heavy atom. The zero-order valence-electron chi connectivity index (χ0n) is 8.40. The molecule has 5 heteroatoms. The Hall–Kier alpha value is -0.780. The van der Waals surface area contributed by atoms with E-state index in [0.717, 1.165) is 15.9 Å². The Kier molecular flexibility index (Phi) is 4.87. The fourth-order valence-corrected chi connectivity index (χ4v) is 1.48. The second-order valence-electron chi connectivity index (χ2n) is 3.07. The Labute approximate surface area is 97.0 Å². The molecule has 0 amide bonds. The maximum absolute atomic E-state index is 9.15. The molecule has 0 bridgehead atoms. The third-order valence-corrected chi connectivity index (χ3v) is 2.56. The number of benzene rings is 1. The van der Waals surface area contributed by atoms with E-state index in [-0.39, 0.29) is 6.61 Å². The first kappa shape index (κ1) is 12.3. The number of aliphatic hydroxyl groups excluding tert-OH is 2. The van der Waals surface area contributed by atoms with E-state index in [9.17, 15) is 0 Å². The second kappa shape index (κ2) is 5.95. The molecule has 0 saturated carbocycles. The van der Waals surface area contributed by atoms with E-state index >= 15 is 0 Å². The van der Waals surface area contributed by atoms with Gasteiger partial charge >= 0.3 is 0 Å². The molecule has 84 valence electrons. The molecule has 0 aliphatic carbocycles. The highest BCUT2D eigenvalue weighted by atomic mass is 79.9. The fourth-order valence-electron chi connectivity index (χ4n) is 1.07. The molecule has 0 aliphatic rings. The van der Waals surface area contributed by atoms with Crippen LogP contribution in [0.5, 0.6) is 5.75 Å². The van der Waals surface area contributed by atoms with Gasteiger partial charge in [-0.15, -0.1) is 0 Å². The molecule has 4 nitrogen and oxygen atoms in total. The van der Waals surface area contributed by atoms with Crippen LogP contribution < -0.4 is 10.1 Å². The first-order valence-electron chi connectivity index (χ1n) is 4.53. The van der Waals surface area contributed by atoms with Crippen LogP contribution in [0.25, 0.3) is 0 Å². The van der Waals surface area contributed by atoms with Crippen LogP contribution in [0.15, 0.2) is 22.7 Å². The van der Waals surface area contributed by atoms with Crippen molar-refractivity contribution in [1.82, 2.24) is 0 Å². The third-order valence-electron chi connectivity index (χ3n) is 1.90. The zero-order valence-corrected chi connectivity index (χ0v) is 9.99. The van der Waals surface area contributed by atoms with Crippen molar-refractivity contribution in [1.29, 1.82) is 0 Å². The van der Waals surface area contributed by atoms with Gasteiger partial charge < -0.3 is 20.3 Å². The van der Waals surface area contributed by atoms with Gasteiger partial charge in [0.1, 0.15) is 5.75 Å². The van der Waals surface area contributed by atoms with Crippen molar-refractivity contribution in [2.75, 3.05) is 25.6 Å². The number of halogens is 1. The minimum Gasteiger partial charge on any atom is -0.495 e. The van der Waals surface area contributed by atoms with Crippen LogP contribution in [-0.2, 0) is 0 Å². The van der Waals surface area contributed by atoms with E-state index in [1.54, 1.807) is 7.11 Å². The maximum Gasteiger partial charge on any atom is 0.135 e. The lowest BCUT2D eigenvalue weighted by Gasteiger charge is -2.11. The van der Waals surface area contributed by atoms with Gasteiger partial charge in [-0.1, -0.05) is 0 Å². The highest BCUT2D eigenvalue weighted by Gasteiger charge is 2.04. The third kappa shape index (κ3) is 3.70. The van der Waals surface area contributed by atoms with Gasteiger partial charge in [0.15, 0.2) is 0 Å². The van der Waals surface area contributed by atoms with E-state index in [2.05, 4.69) is 21.2 Å². The number of hydrogen-bond acceptors (Lipinski definition) is 4. The molecule has 0 saturated heterocycles. The van der Waals surface area contributed by atoms with Gasteiger partial charge in [-0.2, -0.15) is 0 Å². The van der Waals surface area contributed by atoms with Crippen molar-refractivity contribution in [2.24, 2.45) is 0 Å². The number of rotatable bonds is 5.